The monoisotopic (exact) mass is 556 g/mol. The van der Waals surface area contributed by atoms with E-state index in [4.69, 9.17) is 25.8 Å². The Morgan fingerprint density at radius 2 is 1.90 bits per heavy atom. The second-order valence-corrected chi connectivity index (χ2v) is 11.6. The molecule has 1 atom stereocenters. The first kappa shape index (κ1) is 28.9. The van der Waals surface area contributed by atoms with Crippen molar-refractivity contribution in [2.24, 2.45) is 0 Å². The number of rotatable bonds is 9. The number of aliphatic hydroxyl groups excluding tert-OH is 2. The molecule has 1 aliphatic rings. The number of nitrogens with zero attached hydrogens (tertiary/aromatic N) is 1. The zero-order valence-electron chi connectivity index (χ0n) is 22.7. The average molecular weight is 557 g/mol. The summed E-state index contributed by atoms with van der Waals surface area (Å²) in [6.07, 6.45) is 2.68. The van der Waals surface area contributed by atoms with Crippen molar-refractivity contribution in [1.82, 2.24) is 10.3 Å². The number of alkyl carbamates (subject to hydrolysis) is 1. The maximum Gasteiger partial charge on any atom is 0.408 e. The number of nitrogens with one attached hydrogen (secondary N) is 1. The molecule has 0 aliphatic heterocycles. The van der Waals surface area contributed by atoms with E-state index < -0.39 is 23.3 Å². The van der Waals surface area contributed by atoms with Crippen molar-refractivity contribution in [3.8, 4) is 11.6 Å². The number of halogens is 1. The second-order valence-electron chi connectivity index (χ2n) is 11.2. The molecule has 3 aromatic rings. The minimum atomic E-state index is -0.945. The van der Waals surface area contributed by atoms with E-state index in [1.165, 1.54) is 0 Å². The number of amides is 1. The molecule has 1 heterocycles. The standard InChI is InChI=1S/C30H37ClN2O6/c1-29(2,3)39-28(36)33-30(17-22(35)18-34)12-9-23(10-13-30)38-26-15-21-11-14-32-27(24(21)16-25(26)31)37-19-20-7-5-4-6-8-20/h4-8,11,14-16,22-23,34-35H,9-10,12-13,17-19H2,1-3H3,(H,33,36). The van der Waals surface area contributed by atoms with Crippen LogP contribution in [0.25, 0.3) is 10.8 Å². The topological polar surface area (TPSA) is 110 Å². The molecule has 1 aromatic heterocycles. The summed E-state index contributed by atoms with van der Waals surface area (Å²) < 4.78 is 17.8. The Bertz CT molecular complexity index is 1260. The van der Waals surface area contributed by atoms with Crippen LogP contribution in [0, 0.1) is 0 Å². The van der Waals surface area contributed by atoms with Gasteiger partial charge in [-0.1, -0.05) is 41.9 Å². The van der Waals surface area contributed by atoms with Crippen LogP contribution in [-0.2, 0) is 11.3 Å². The van der Waals surface area contributed by atoms with Crippen LogP contribution in [-0.4, -0.2) is 51.2 Å². The normalized spacial score (nSPS) is 20.3. The van der Waals surface area contributed by atoms with Crippen molar-refractivity contribution in [2.45, 2.75) is 82.8 Å². The Kier molecular flexibility index (Phi) is 9.20. The van der Waals surface area contributed by atoms with Gasteiger partial charge in [0, 0.05) is 17.1 Å². The highest BCUT2D eigenvalue weighted by Gasteiger charge is 2.40. The number of benzene rings is 2. The lowest BCUT2D eigenvalue weighted by Gasteiger charge is -2.42. The quantitative estimate of drug-likeness (QED) is 0.306. The Balaban J connectivity index is 1.44. The number of pyridine rings is 1. The fourth-order valence-electron chi connectivity index (χ4n) is 4.94. The van der Waals surface area contributed by atoms with Gasteiger partial charge in [0.2, 0.25) is 5.88 Å². The number of ether oxygens (including phenoxy) is 3. The van der Waals surface area contributed by atoms with Gasteiger partial charge >= 0.3 is 6.09 Å². The summed E-state index contributed by atoms with van der Waals surface area (Å²) in [7, 11) is 0. The molecular formula is C30H37ClN2O6. The molecule has 1 saturated carbocycles. The van der Waals surface area contributed by atoms with Gasteiger partial charge in [0.25, 0.3) is 0 Å². The predicted molar refractivity (Wildman–Crippen MR) is 150 cm³/mol. The van der Waals surface area contributed by atoms with Crippen molar-refractivity contribution in [2.75, 3.05) is 6.61 Å². The molecule has 39 heavy (non-hydrogen) atoms. The van der Waals surface area contributed by atoms with Crippen LogP contribution in [0.5, 0.6) is 11.6 Å². The van der Waals surface area contributed by atoms with Gasteiger partial charge in [-0.25, -0.2) is 9.78 Å². The van der Waals surface area contributed by atoms with E-state index in [1.54, 1.807) is 27.0 Å². The molecule has 2 aromatic carbocycles. The van der Waals surface area contributed by atoms with Crippen molar-refractivity contribution < 1.29 is 29.2 Å². The van der Waals surface area contributed by atoms with Crippen LogP contribution in [0.15, 0.2) is 54.7 Å². The lowest BCUT2D eigenvalue weighted by molar-refractivity contribution is 0.0141. The molecule has 1 fully saturated rings. The Morgan fingerprint density at radius 1 is 1.18 bits per heavy atom. The zero-order valence-corrected chi connectivity index (χ0v) is 23.4. The van der Waals surface area contributed by atoms with Crippen LogP contribution < -0.4 is 14.8 Å². The highest BCUT2D eigenvalue weighted by molar-refractivity contribution is 6.33. The summed E-state index contributed by atoms with van der Waals surface area (Å²) in [4.78, 5) is 17.0. The van der Waals surface area contributed by atoms with Crippen molar-refractivity contribution in [3.05, 3.63) is 65.3 Å². The van der Waals surface area contributed by atoms with Crippen LogP contribution >= 0.6 is 11.6 Å². The fraction of sp³-hybridized carbons (Fsp3) is 0.467. The first-order valence-corrected chi connectivity index (χ1v) is 13.7. The van der Waals surface area contributed by atoms with Crippen molar-refractivity contribution in [1.29, 1.82) is 0 Å². The van der Waals surface area contributed by atoms with E-state index in [-0.39, 0.29) is 19.1 Å². The van der Waals surface area contributed by atoms with E-state index in [0.717, 1.165) is 16.3 Å². The van der Waals surface area contributed by atoms with Gasteiger partial charge in [0.15, 0.2) is 0 Å². The van der Waals surface area contributed by atoms with Crippen LogP contribution in [0.3, 0.4) is 0 Å². The van der Waals surface area contributed by atoms with Gasteiger partial charge < -0.3 is 29.7 Å². The smallest absolute Gasteiger partial charge is 0.408 e. The van der Waals surface area contributed by atoms with Crippen molar-refractivity contribution in [3.63, 3.8) is 0 Å². The zero-order chi connectivity index (χ0) is 28.0. The first-order chi connectivity index (χ1) is 18.6. The predicted octanol–water partition coefficient (Wildman–Crippen LogP) is 5.80. The molecule has 1 aliphatic carbocycles. The average Bonchev–Trinajstić information content (AvgIpc) is 2.88. The summed E-state index contributed by atoms with van der Waals surface area (Å²) in [5, 5.41) is 24.7. The third-order valence-electron chi connectivity index (χ3n) is 6.79. The minimum absolute atomic E-state index is 0.129. The Morgan fingerprint density at radius 3 is 2.56 bits per heavy atom. The first-order valence-electron chi connectivity index (χ1n) is 13.3. The number of carbonyl (C=O) groups is 1. The highest BCUT2D eigenvalue weighted by atomic mass is 35.5. The van der Waals surface area contributed by atoms with Gasteiger partial charge in [0.1, 0.15) is 18.0 Å². The molecule has 0 spiro atoms. The summed E-state index contributed by atoms with van der Waals surface area (Å²) in [5.41, 5.74) is -0.298. The minimum Gasteiger partial charge on any atom is -0.489 e. The largest absolute Gasteiger partial charge is 0.489 e. The highest BCUT2D eigenvalue weighted by Crippen LogP contribution is 2.38. The van der Waals surface area contributed by atoms with Gasteiger partial charge in [0.05, 0.1) is 23.8 Å². The van der Waals surface area contributed by atoms with E-state index in [0.29, 0.717) is 48.9 Å². The number of aromatic nitrogens is 1. The van der Waals surface area contributed by atoms with Gasteiger partial charge in [-0.3, -0.25) is 0 Å². The van der Waals surface area contributed by atoms with Crippen LogP contribution in [0.2, 0.25) is 5.02 Å². The number of aliphatic hydroxyl groups is 2. The van der Waals surface area contributed by atoms with Gasteiger partial charge in [-0.2, -0.15) is 0 Å². The third-order valence-corrected chi connectivity index (χ3v) is 7.08. The van der Waals surface area contributed by atoms with Gasteiger partial charge in [-0.15, -0.1) is 0 Å². The molecule has 9 heteroatoms. The molecule has 1 unspecified atom stereocenters. The lowest BCUT2D eigenvalue weighted by Crippen LogP contribution is -2.54. The number of hydrogen-bond donors (Lipinski definition) is 3. The summed E-state index contributed by atoms with van der Waals surface area (Å²) in [5.74, 6) is 1.07. The molecule has 4 rings (SSSR count). The summed E-state index contributed by atoms with van der Waals surface area (Å²) in [6.45, 7) is 5.42. The molecule has 0 radical (unpaired) electrons. The lowest BCUT2D eigenvalue weighted by atomic mass is 9.77. The SMILES string of the molecule is CC(C)(C)OC(=O)NC1(CC(O)CO)CCC(Oc2cc3ccnc(OCc4ccccc4)c3cc2Cl)CC1. The molecular weight excluding hydrogens is 520 g/mol. The molecule has 8 nitrogen and oxygen atoms in total. The summed E-state index contributed by atoms with van der Waals surface area (Å²) in [6, 6.07) is 15.5. The van der Waals surface area contributed by atoms with Gasteiger partial charge in [-0.05, 0) is 82.0 Å². The summed E-state index contributed by atoms with van der Waals surface area (Å²) >= 11 is 6.64. The number of hydrogen-bond acceptors (Lipinski definition) is 7. The maximum atomic E-state index is 12.6. The number of fused-ring (bicyclic) bond motifs is 1. The van der Waals surface area contributed by atoms with E-state index in [9.17, 15) is 15.0 Å². The Hall–Kier alpha value is -3.07. The maximum absolute atomic E-state index is 12.6. The fourth-order valence-corrected chi connectivity index (χ4v) is 5.14. The number of carbonyl (C=O) groups excluding carboxylic acids is 1. The second kappa shape index (κ2) is 12.4. The third kappa shape index (κ3) is 7.97. The molecule has 210 valence electrons. The van der Waals surface area contributed by atoms with Crippen molar-refractivity contribution >= 4 is 28.5 Å². The van der Waals surface area contributed by atoms with E-state index in [1.807, 2.05) is 48.5 Å². The van der Waals surface area contributed by atoms with Crippen LogP contribution in [0.1, 0.15) is 58.4 Å². The molecule has 0 bridgehead atoms. The van der Waals surface area contributed by atoms with E-state index >= 15 is 0 Å². The molecule has 0 saturated heterocycles. The molecule has 1 amide bonds. The Labute approximate surface area is 234 Å². The molecule has 3 N–H and O–H groups in total. The van der Waals surface area contributed by atoms with Crippen LogP contribution in [0.4, 0.5) is 4.79 Å². The van der Waals surface area contributed by atoms with E-state index in [2.05, 4.69) is 10.3 Å².